The van der Waals surface area contributed by atoms with Gasteiger partial charge in [-0.2, -0.15) is 0 Å². The Kier molecular flexibility index (Phi) is 2.17. The van der Waals surface area contributed by atoms with Crippen molar-refractivity contribution in [2.75, 3.05) is 6.54 Å². The van der Waals surface area contributed by atoms with E-state index >= 15 is 0 Å². The number of hydrogen-bond acceptors (Lipinski definition) is 2. The van der Waals surface area contributed by atoms with Crippen molar-refractivity contribution in [1.82, 2.24) is 4.90 Å². The third kappa shape index (κ3) is 1.05. The van der Waals surface area contributed by atoms with Crippen LogP contribution >= 0.6 is 0 Å². The van der Waals surface area contributed by atoms with Gasteiger partial charge < -0.3 is 0 Å². The van der Waals surface area contributed by atoms with E-state index in [1.807, 2.05) is 20.8 Å². The molecule has 2 fully saturated rings. The second-order valence-corrected chi connectivity index (χ2v) is 5.58. The minimum absolute atomic E-state index is 0.0523. The van der Waals surface area contributed by atoms with Gasteiger partial charge in [0.25, 0.3) is 0 Å². The molecule has 86 valence electrons. The van der Waals surface area contributed by atoms with Gasteiger partial charge in [-0.05, 0) is 18.3 Å². The highest BCUT2D eigenvalue weighted by molar-refractivity contribution is 6.04. The summed E-state index contributed by atoms with van der Waals surface area (Å²) in [7, 11) is 0. The van der Waals surface area contributed by atoms with Gasteiger partial charge in [-0.1, -0.05) is 26.7 Å². The number of rotatable bonds is 1. The highest BCUT2D eigenvalue weighted by Gasteiger charge is 2.64. The van der Waals surface area contributed by atoms with E-state index in [2.05, 4.69) is 5.92 Å². The molecular weight excluding hydrogens is 202 g/mol. The van der Waals surface area contributed by atoms with E-state index in [1.54, 1.807) is 0 Å². The summed E-state index contributed by atoms with van der Waals surface area (Å²) >= 11 is 0. The third-order valence-electron chi connectivity index (χ3n) is 4.76. The Morgan fingerprint density at radius 3 is 2.62 bits per heavy atom. The van der Waals surface area contributed by atoms with Crippen LogP contribution < -0.4 is 0 Å². The van der Waals surface area contributed by atoms with Crippen LogP contribution in [0.15, 0.2) is 0 Å². The zero-order valence-corrected chi connectivity index (χ0v) is 10.0. The molecule has 2 bridgehead atoms. The summed E-state index contributed by atoms with van der Waals surface area (Å²) in [4.78, 5) is 25.7. The lowest BCUT2D eigenvalue weighted by molar-refractivity contribution is -0.166. The molecule has 0 aromatic rings. The number of carbonyl (C=O) groups excluding carboxylic acids is 2. The maximum Gasteiger partial charge on any atom is 0.236 e. The molecule has 2 rings (SSSR count). The van der Waals surface area contributed by atoms with Crippen molar-refractivity contribution in [3.05, 3.63) is 0 Å². The van der Waals surface area contributed by atoms with Crippen molar-refractivity contribution in [2.45, 2.75) is 33.6 Å². The van der Waals surface area contributed by atoms with Crippen LogP contribution in [0.3, 0.4) is 0 Å². The van der Waals surface area contributed by atoms with E-state index in [0.717, 1.165) is 12.8 Å². The van der Waals surface area contributed by atoms with Crippen LogP contribution in [-0.4, -0.2) is 23.3 Å². The number of hydrogen-bond donors (Lipinski definition) is 0. The highest BCUT2D eigenvalue weighted by atomic mass is 16.2. The summed E-state index contributed by atoms with van der Waals surface area (Å²) in [6.07, 6.45) is 6.80. The molecule has 16 heavy (non-hydrogen) atoms. The molecule has 0 aromatic carbocycles. The standard InChI is InChI=1S/C13H17NO2/c1-5-8-14-10(15)9-6-7-13(4,11(14)16)12(9,2)3/h1,9H,6-8H2,2-4H3. The molecule has 0 aromatic heterocycles. The molecule has 2 aliphatic rings. The van der Waals surface area contributed by atoms with Gasteiger partial charge in [0, 0.05) is 5.92 Å². The maximum absolute atomic E-state index is 12.3. The zero-order valence-electron chi connectivity index (χ0n) is 10.0. The Labute approximate surface area is 96.2 Å². The zero-order chi connectivity index (χ0) is 12.1. The first-order chi connectivity index (χ1) is 7.36. The second kappa shape index (κ2) is 3.10. The number of imide groups is 1. The van der Waals surface area contributed by atoms with Crippen LogP contribution in [0.2, 0.25) is 0 Å². The van der Waals surface area contributed by atoms with Gasteiger partial charge in [0.05, 0.1) is 12.0 Å². The first-order valence-corrected chi connectivity index (χ1v) is 5.65. The molecule has 1 heterocycles. The number of terminal acetylenes is 1. The van der Waals surface area contributed by atoms with Gasteiger partial charge >= 0.3 is 0 Å². The molecule has 0 spiro atoms. The van der Waals surface area contributed by atoms with E-state index in [9.17, 15) is 9.59 Å². The van der Waals surface area contributed by atoms with E-state index in [0.29, 0.717) is 0 Å². The summed E-state index contributed by atoms with van der Waals surface area (Å²) < 4.78 is 0. The van der Waals surface area contributed by atoms with Crippen LogP contribution in [-0.2, 0) is 9.59 Å². The lowest BCUT2D eigenvalue weighted by Crippen LogP contribution is -2.59. The monoisotopic (exact) mass is 219 g/mol. The summed E-state index contributed by atoms with van der Waals surface area (Å²) in [5, 5.41) is 0. The predicted octanol–water partition coefficient (Wildman–Crippen LogP) is 1.43. The smallest absolute Gasteiger partial charge is 0.236 e. The number of fused-ring (bicyclic) bond motifs is 2. The van der Waals surface area contributed by atoms with E-state index in [1.165, 1.54) is 4.90 Å². The predicted molar refractivity (Wildman–Crippen MR) is 60.2 cm³/mol. The number of amides is 2. The van der Waals surface area contributed by atoms with E-state index < -0.39 is 5.41 Å². The number of nitrogens with zero attached hydrogens (tertiary/aromatic N) is 1. The van der Waals surface area contributed by atoms with Gasteiger partial charge in [-0.15, -0.1) is 6.42 Å². The number of carbonyl (C=O) groups is 2. The van der Waals surface area contributed by atoms with Gasteiger partial charge in [0.15, 0.2) is 0 Å². The first kappa shape index (κ1) is 11.2. The SMILES string of the molecule is C#CCN1C(=O)C2CCC(C)(C1=O)C2(C)C. The van der Waals surface area contributed by atoms with Crippen LogP contribution in [0.4, 0.5) is 0 Å². The molecule has 2 amide bonds. The molecule has 3 nitrogen and oxygen atoms in total. The van der Waals surface area contributed by atoms with Crippen molar-refractivity contribution in [3.8, 4) is 12.3 Å². The number of piperidine rings is 1. The largest absolute Gasteiger partial charge is 0.274 e. The minimum Gasteiger partial charge on any atom is -0.274 e. The minimum atomic E-state index is -0.428. The van der Waals surface area contributed by atoms with Crippen molar-refractivity contribution >= 4 is 11.8 Å². The Morgan fingerprint density at radius 2 is 2.06 bits per heavy atom. The molecule has 1 aliphatic heterocycles. The fourth-order valence-electron chi connectivity index (χ4n) is 3.14. The molecular formula is C13H17NO2. The van der Waals surface area contributed by atoms with Crippen molar-refractivity contribution < 1.29 is 9.59 Å². The summed E-state index contributed by atoms with van der Waals surface area (Å²) in [6.45, 7) is 6.12. The molecule has 2 unspecified atom stereocenters. The summed E-state index contributed by atoms with van der Waals surface area (Å²) in [5.41, 5.74) is -0.672. The fourth-order valence-corrected chi connectivity index (χ4v) is 3.14. The molecule has 1 aliphatic carbocycles. The Bertz CT molecular complexity index is 405. The van der Waals surface area contributed by atoms with Gasteiger partial charge in [0.1, 0.15) is 0 Å². The van der Waals surface area contributed by atoms with Crippen molar-refractivity contribution in [3.63, 3.8) is 0 Å². The Hall–Kier alpha value is -1.30. The van der Waals surface area contributed by atoms with E-state index in [-0.39, 0.29) is 29.7 Å². The molecule has 1 saturated heterocycles. The lowest BCUT2D eigenvalue weighted by Gasteiger charge is -2.47. The Balaban J connectivity index is 2.47. The Morgan fingerprint density at radius 1 is 1.44 bits per heavy atom. The van der Waals surface area contributed by atoms with Crippen LogP contribution in [0, 0.1) is 29.1 Å². The maximum atomic E-state index is 12.3. The van der Waals surface area contributed by atoms with Gasteiger partial charge in [-0.25, -0.2) is 0 Å². The van der Waals surface area contributed by atoms with Crippen LogP contribution in [0.5, 0.6) is 0 Å². The molecule has 3 heteroatoms. The highest BCUT2D eigenvalue weighted by Crippen LogP contribution is 2.59. The van der Waals surface area contributed by atoms with E-state index in [4.69, 9.17) is 6.42 Å². The average Bonchev–Trinajstić information content (AvgIpc) is 2.40. The molecule has 2 atom stereocenters. The molecule has 1 saturated carbocycles. The van der Waals surface area contributed by atoms with Crippen molar-refractivity contribution in [2.24, 2.45) is 16.7 Å². The molecule has 0 radical (unpaired) electrons. The summed E-state index contributed by atoms with van der Waals surface area (Å²) in [5.74, 6) is 2.17. The fraction of sp³-hybridized carbons (Fsp3) is 0.692. The van der Waals surface area contributed by atoms with Gasteiger partial charge in [0.2, 0.25) is 11.8 Å². The van der Waals surface area contributed by atoms with Gasteiger partial charge in [-0.3, -0.25) is 14.5 Å². The average molecular weight is 219 g/mol. The normalized spacial score (nSPS) is 36.4. The first-order valence-electron chi connectivity index (χ1n) is 5.65. The topological polar surface area (TPSA) is 37.4 Å². The second-order valence-electron chi connectivity index (χ2n) is 5.58. The quantitative estimate of drug-likeness (QED) is 0.494. The lowest BCUT2D eigenvalue weighted by atomic mass is 9.62. The number of likely N-dealkylation sites (tertiary alicyclic amines) is 1. The van der Waals surface area contributed by atoms with Crippen molar-refractivity contribution in [1.29, 1.82) is 0 Å². The van der Waals surface area contributed by atoms with Crippen LogP contribution in [0.25, 0.3) is 0 Å². The van der Waals surface area contributed by atoms with Crippen LogP contribution in [0.1, 0.15) is 33.6 Å². The molecule has 0 N–H and O–H groups in total. The summed E-state index contributed by atoms with van der Waals surface area (Å²) in [6, 6.07) is 0. The third-order valence-corrected chi connectivity index (χ3v) is 4.76.